The highest BCUT2D eigenvalue weighted by molar-refractivity contribution is 5.67. The number of ether oxygens (including phenoxy) is 1. The van der Waals surface area contributed by atoms with E-state index in [0.717, 1.165) is 18.9 Å². The van der Waals surface area contributed by atoms with Gasteiger partial charge in [0.1, 0.15) is 0 Å². The Morgan fingerprint density at radius 3 is 2.42 bits per heavy atom. The lowest BCUT2D eigenvalue weighted by Crippen LogP contribution is -2.54. The van der Waals surface area contributed by atoms with Crippen LogP contribution in [0.2, 0.25) is 0 Å². The summed E-state index contributed by atoms with van der Waals surface area (Å²) in [5.41, 5.74) is 0. The highest BCUT2D eigenvalue weighted by Gasteiger charge is 2.37. The Hall–Kier alpha value is -0.770. The Kier molecular flexibility index (Phi) is 4.71. The van der Waals surface area contributed by atoms with Gasteiger partial charge in [-0.3, -0.25) is 4.90 Å². The number of rotatable bonds is 4. The van der Waals surface area contributed by atoms with E-state index in [0.29, 0.717) is 17.9 Å². The molecule has 1 aliphatic carbocycles. The van der Waals surface area contributed by atoms with Crippen molar-refractivity contribution < 1.29 is 9.53 Å². The summed E-state index contributed by atoms with van der Waals surface area (Å²) in [6.45, 7) is 9.05. The monoisotopic (exact) mass is 268 g/mol. The quantitative estimate of drug-likeness (QED) is 0.851. The van der Waals surface area contributed by atoms with Crippen LogP contribution in [0.15, 0.2) is 0 Å². The summed E-state index contributed by atoms with van der Waals surface area (Å²) in [5.74, 6) is 2.21. The summed E-state index contributed by atoms with van der Waals surface area (Å²) in [6.07, 6.45) is 3.52. The number of methoxy groups -OCH3 is 1. The summed E-state index contributed by atoms with van der Waals surface area (Å²) in [5, 5.41) is 2.99. The lowest BCUT2D eigenvalue weighted by molar-refractivity contribution is 0.0732. The van der Waals surface area contributed by atoms with E-state index in [2.05, 4.69) is 31.0 Å². The van der Waals surface area contributed by atoms with Crippen LogP contribution in [0.1, 0.15) is 40.0 Å². The van der Waals surface area contributed by atoms with E-state index in [-0.39, 0.29) is 12.1 Å². The van der Waals surface area contributed by atoms with Crippen LogP contribution in [-0.2, 0) is 4.74 Å². The van der Waals surface area contributed by atoms with Gasteiger partial charge in [-0.25, -0.2) is 4.79 Å². The number of hydrogen-bond acceptors (Lipinski definition) is 3. The van der Waals surface area contributed by atoms with Crippen LogP contribution in [-0.4, -0.2) is 43.3 Å². The predicted molar refractivity (Wildman–Crippen MR) is 76.0 cm³/mol. The van der Waals surface area contributed by atoms with Crippen molar-refractivity contribution in [1.29, 1.82) is 0 Å². The second-order valence-electron chi connectivity index (χ2n) is 6.60. The van der Waals surface area contributed by atoms with Crippen LogP contribution in [0.4, 0.5) is 4.79 Å². The molecular weight excluding hydrogens is 240 g/mol. The van der Waals surface area contributed by atoms with E-state index in [1.165, 1.54) is 26.5 Å². The molecule has 4 nitrogen and oxygen atoms in total. The number of amides is 1. The summed E-state index contributed by atoms with van der Waals surface area (Å²) >= 11 is 0. The first-order valence-corrected chi connectivity index (χ1v) is 7.59. The Morgan fingerprint density at radius 1 is 1.21 bits per heavy atom. The van der Waals surface area contributed by atoms with Crippen LogP contribution in [0, 0.1) is 17.8 Å². The number of nitrogens with one attached hydrogen (secondary N) is 1. The fraction of sp³-hybridized carbons (Fsp3) is 0.933. The molecule has 1 aliphatic heterocycles. The largest absolute Gasteiger partial charge is 0.453 e. The SMILES string of the molecule is COC(=O)NC1CC(C(C)C)CN(C(C)C2CC2)C1. The zero-order valence-corrected chi connectivity index (χ0v) is 12.7. The number of piperidine rings is 1. The second kappa shape index (κ2) is 6.12. The molecule has 1 N–H and O–H groups in total. The topological polar surface area (TPSA) is 41.6 Å². The van der Waals surface area contributed by atoms with Gasteiger partial charge < -0.3 is 10.1 Å². The van der Waals surface area contributed by atoms with Crippen LogP contribution >= 0.6 is 0 Å². The fourth-order valence-electron chi connectivity index (χ4n) is 3.20. The first kappa shape index (κ1) is 14.6. The van der Waals surface area contributed by atoms with Crippen molar-refractivity contribution in [2.24, 2.45) is 17.8 Å². The van der Waals surface area contributed by atoms with Gasteiger partial charge in [-0.05, 0) is 43.9 Å². The molecule has 1 saturated carbocycles. The molecule has 0 bridgehead atoms. The molecule has 0 aromatic heterocycles. The molecule has 1 saturated heterocycles. The van der Waals surface area contributed by atoms with E-state index in [9.17, 15) is 4.79 Å². The third-order valence-corrected chi connectivity index (χ3v) is 4.84. The third kappa shape index (κ3) is 3.85. The van der Waals surface area contributed by atoms with Crippen molar-refractivity contribution in [1.82, 2.24) is 10.2 Å². The van der Waals surface area contributed by atoms with Crippen LogP contribution in [0.3, 0.4) is 0 Å². The van der Waals surface area contributed by atoms with Crippen LogP contribution < -0.4 is 5.32 Å². The van der Waals surface area contributed by atoms with Crippen molar-refractivity contribution in [3.63, 3.8) is 0 Å². The first-order chi connectivity index (χ1) is 9.01. The van der Waals surface area contributed by atoms with Gasteiger partial charge in [0.05, 0.1) is 7.11 Å². The highest BCUT2D eigenvalue weighted by Crippen LogP contribution is 2.37. The van der Waals surface area contributed by atoms with E-state index < -0.39 is 0 Å². The summed E-state index contributed by atoms with van der Waals surface area (Å²) < 4.78 is 4.74. The van der Waals surface area contributed by atoms with E-state index in [4.69, 9.17) is 4.74 Å². The minimum Gasteiger partial charge on any atom is -0.453 e. The Bertz CT molecular complexity index is 315. The summed E-state index contributed by atoms with van der Waals surface area (Å²) in [6, 6.07) is 0.887. The zero-order chi connectivity index (χ0) is 14.0. The molecule has 0 aromatic carbocycles. The molecule has 1 heterocycles. The van der Waals surface area contributed by atoms with E-state index in [1.807, 2.05) is 0 Å². The number of likely N-dealkylation sites (tertiary alicyclic amines) is 1. The maximum absolute atomic E-state index is 11.4. The Morgan fingerprint density at radius 2 is 1.89 bits per heavy atom. The normalized spacial score (nSPS) is 30.2. The molecule has 2 fully saturated rings. The minimum absolute atomic E-state index is 0.231. The van der Waals surface area contributed by atoms with Gasteiger partial charge in [-0.1, -0.05) is 13.8 Å². The van der Waals surface area contributed by atoms with Crippen LogP contribution in [0.25, 0.3) is 0 Å². The standard InChI is InChI=1S/C15H28N2O2/c1-10(2)13-7-14(16-15(18)19-4)9-17(8-13)11(3)12-5-6-12/h10-14H,5-9H2,1-4H3,(H,16,18). The van der Waals surface area contributed by atoms with Crippen molar-refractivity contribution in [2.75, 3.05) is 20.2 Å². The van der Waals surface area contributed by atoms with Crippen molar-refractivity contribution >= 4 is 6.09 Å². The van der Waals surface area contributed by atoms with Gasteiger partial charge in [0.15, 0.2) is 0 Å². The summed E-state index contributed by atoms with van der Waals surface area (Å²) in [4.78, 5) is 14.0. The molecule has 0 spiro atoms. The fourth-order valence-corrected chi connectivity index (χ4v) is 3.20. The molecule has 0 aromatic rings. The highest BCUT2D eigenvalue weighted by atomic mass is 16.5. The first-order valence-electron chi connectivity index (χ1n) is 7.59. The number of carbonyl (C=O) groups excluding carboxylic acids is 1. The molecule has 2 rings (SSSR count). The molecule has 0 radical (unpaired) electrons. The predicted octanol–water partition coefficient (Wildman–Crippen LogP) is 2.49. The van der Waals surface area contributed by atoms with Gasteiger partial charge in [0.25, 0.3) is 0 Å². The number of alkyl carbamates (subject to hydrolysis) is 1. The maximum Gasteiger partial charge on any atom is 0.407 e. The van der Waals surface area contributed by atoms with E-state index >= 15 is 0 Å². The van der Waals surface area contributed by atoms with Gasteiger partial charge in [0, 0.05) is 25.2 Å². The zero-order valence-electron chi connectivity index (χ0n) is 12.7. The lowest BCUT2D eigenvalue weighted by atomic mass is 9.84. The van der Waals surface area contributed by atoms with Crippen molar-refractivity contribution in [3.8, 4) is 0 Å². The summed E-state index contributed by atoms with van der Waals surface area (Å²) in [7, 11) is 1.43. The van der Waals surface area contributed by atoms with Gasteiger partial charge >= 0.3 is 6.09 Å². The third-order valence-electron chi connectivity index (χ3n) is 4.84. The second-order valence-corrected chi connectivity index (χ2v) is 6.60. The number of nitrogens with zero attached hydrogens (tertiary/aromatic N) is 1. The molecule has 1 amide bonds. The molecule has 110 valence electrons. The van der Waals surface area contributed by atoms with Crippen molar-refractivity contribution in [3.05, 3.63) is 0 Å². The molecule has 2 aliphatic rings. The average molecular weight is 268 g/mol. The molecule has 3 atom stereocenters. The van der Waals surface area contributed by atoms with Gasteiger partial charge in [0.2, 0.25) is 0 Å². The molecular formula is C15H28N2O2. The average Bonchev–Trinajstić information content (AvgIpc) is 3.21. The minimum atomic E-state index is -0.298. The smallest absolute Gasteiger partial charge is 0.407 e. The number of hydrogen-bond donors (Lipinski definition) is 1. The number of carbonyl (C=O) groups is 1. The van der Waals surface area contributed by atoms with Gasteiger partial charge in [-0.2, -0.15) is 0 Å². The maximum atomic E-state index is 11.4. The molecule has 19 heavy (non-hydrogen) atoms. The van der Waals surface area contributed by atoms with Gasteiger partial charge in [-0.15, -0.1) is 0 Å². The Labute approximate surface area is 116 Å². The Balaban J connectivity index is 1.97. The molecule has 4 heteroatoms. The lowest BCUT2D eigenvalue weighted by Gasteiger charge is -2.42. The van der Waals surface area contributed by atoms with Crippen molar-refractivity contribution in [2.45, 2.75) is 52.1 Å². The molecule has 3 unspecified atom stereocenters. The van der Waals surface area contributed by atoms with E-state index in [1.54, 1.807) is 0 Å². The van der Waals surface area contributed by atoms with Crippen LogP contribution in [0.5, 0.6) is 0 Å².